The number of hydrogen-bond acceptors (Lipinski definition) is 2. The van der Waals surface area contributed by atoms with Crippen LogP contribution in [0.25, 0.3) is 0 Å². The molecule has 0 atom stereocenters. The number of nitrogens with zero attached hydrogens (tertiary/aromatic N) is 1. The Hall–Kier alpha value is -1.25. The van der Waals surface area contributed by atoms with Gasteiger partial charge in [-0.3, -0.25) is 10.1 Å². The van der Waals surface area contributed by atoms with Gasteiger partial charge in [0.1, 0.15) is 5.56 Å². The molecule has 0 heterocycles. The van der Waals surface area contributed by atoms with E-state index in [9.17, 15) is 32.1 Å². The van der Waals surface area contributed by atoms with E-state index in [2.05, 4.69) is 15.9 Å². The minimum absolute atomic E-state index is 0.523. The monoisotopic (exact) mass is 319 g/mol. The maximum atomic E-state index is 12.6. The minimum Gasteiger partial charge on any atom is -0.258 e. The van der Waals surface area contributed by atoms with Crippen LogP contribution < -0.4 is 0 Å². The van der Waals surface area contributed by atoms with Gasteiger partial charge in [-0.2, -0.15) is 13.2 Å². The molecule has 0 aliphatic carbocycles. The Morgan fingerprint density at radius 3 is 2.18 bits per heavy atom. The number of rotatable bonds is 2. The zero-order valence-electron chi connectivity index (χ0n) is 7.76. The van der Waals surface area contributed by atoms with Gasteiger partial charge >= 0.3 is 6.18 Å². The lowest BCUT2D eigenvalue weighted by Gasteiger charge is -2.13. The summed E-state index contributed by atoms with van der Waals surface area (Å²) in [5.74, 6) is 0. The first-order chi connectivity index (χ1) is 7.66. The Balaban J connectivity index is 3.68. The van der Waals surface area contributed by atoms with Crippen molar-refractivity contribution in [1.82, 2.24) is 0 Å². The molecule has 0 aliphatic heterocycles. The van der Waals surface area contributed by atoms with Gasteiger partial charge in [0.05, 0.1) is 10.5 Å². The zero-order valence-corrected chi connectivity index (χ0v) is 9.35. The van der Waals surface area contributed by atoms with Crippen molar-refractivity contribution in [3.8, 4) is 0 Å². The number of hydrogen-bond donors (Lipinski definition) is 0. The van der Waals surface area contributed by atoms with Crippen LogP contribution in [0.5, 0.6) is 0 Å². The van der Waals surface area contributed by atoms with Crippen LogP contribution in [0.2, 0.25) is 0 Å². The average molecular weight is 320 g/mol. The first-order valence-corrected chi connectivity index (χ1v) is 4.77. The summed E-state index contributed by atoms with van der Waals surface area (Å²) in [7, 11) is 0. The van der Waals surface area contributed by atoms with E-state index < -0.39 is 38.8 Å². The van der Waals surface area contributed by atoms with Crippen molar-refractivity contribution >= 4 is 21.6 Å². The lowest BCUT2D eigenvalue weighted by atomic mass is 10.1. The third-order valence-corrected chi connectivity index (χ3v) is 2.56. The molecule has 0 saturated carbocycles. The summed E-state index contributed by atoms with van der Waals surface area (Å²) in [6.45, 7) is 0. The van der Waals surface area contributed by atoms with Crippen molar-refractivity contribution in [2.24, 2.45) is 0 Å². The van der Waals surface area contributed by atoms with Crippen LogP contribution in [0.15, 0.2) is 16.6 Å². The molecular formula is C8H3BrF5NO2. The molecule has 0 N–H and O–H groups in total. The van der Waals surface area contributed by atoms with Gasteiger partial charge in [0.2, 0.25) is 0 Å². The molecule has 3 nitrogen and oxygen atoms in total. The van der Waals surface area contributed by atoms with Crippen molar-refractivity contribution < 1.29 is 26.9 Å². The maximum absolute atomic E-state index is 12.6. The van der Waals surface area contributed by atoms with Gasteiger partial charge in [0.15, 0.2) is 0 Å². The summed E-state index contributed by atoms with van der Waals surface area (Å²) in [5, 5.41) is 10.4. The van der Waals surface area contributed by atoms with E-state index in [0.717, 1.165) is 6.07 Å². The van der Waals surface area contributed by atoms with E-state index in [-0.39, 0.29) is 0 Å². The van der Waals surface area contributed by atoms with E-state index in [4.69, 9.17) is 0 Å². The summed E-state index contributed by atoms with van der Waals surface area (Å²) in [6.07, 6.45) is -8.70. The van der Waals surface area contributed by atoms with Crippen molar-refractivity contribution in [2.45, 2.75) is 12.6 Å². The number of benzene rings is 1. The van der Waals surface area contributed by atoms with Crippen LogP contribution in [-0.2, 0) is 6.18 Å². The molecular weight excluding hydrogens is 317 g/mol. The summed E-state index contributed by atoms with van der Waals surface area (Å²) >= 11 is 2.52. The Labute approximate surface area is 99.5 Å². The molecule has 1 aromatic carbocycles. The maximum Gasteiger partial charge on any atom is 0.423 e. The van der Waals surface area contributed by atoms with Crippen molar-refractivity contribution in [2.75, 3.05) is 0 Å². The smallest absolute Gasteiger partial charge is 0.258 e. The normalized spacial score (nSPS) is 11.9. The number of nitro groups is 1. The Morgan fingerprint density at radius 1 is 1.29 bits per heavy atom. The van der Waals surface area contributed by atoms with E-state index in [0.29, 0.717) is 6.07 Å². The van der Waals surface area contributed by atoms with Crippen LogP contribution in [0.3, 0.4) is 0 Å². The highest BCUT2D eigenvalue weighted by molar-refractivity contribution is 9.10. The van der Waals surface area contributed by atoms with Crippen LogP contribution in [0.1, 0.15) is 17.6 Å². The fourth-order valence-electron chi connectivity index (χ4n) is 1.25. The third kappa shape index (κ3) is 2.71. The topological polar surface area (TPSA) is 43.1 Å². The minimum atomic E-state index is -5.22. The Bertz CT molecular complexity index is 460. The fourth-order valence-corrected chi connectivity index (χ4v) is 1.75. The van der Waals surface area contributed by atoms with Crippen molar-refractivity contribution in [3.05, 3.63) is 37.8 Å². The van der Waals surface area contributed by atoms with Crippen molar-refractivity contribution in [1.29, 1.82) is 0 Å². The van der Waals surface area contributed by atoms with Gasteiger partial charge in [-0.15, -0.1) is 0 Å². The fraction of sp³-hybridized carbons (Fsp3) is 0.250. The van der Waals surface area contributed by atoms with Crippen LogP contribution >= 0.6 is 15.9 Å². The van der Waals surface area contributed by atoms with Gasteiger partial charge in [-0.05, 0) is 6.07 Å². The van der Waals surface area contributed by atoms with Crippen LogP contribution in [-0.4, -0.2) is 4.92 Å². The average Bonchev–Trinajstić information content (AvgIpc) is 2.14. The lowest BCUT2D eigenvalue weighted by Crippen LogP contribution is -2.13. The largest absolute Gasteiger partial charge is 0.423 e. The third-order valence-electron chi connectivity index (χ3n) is 1.87. The predicted octanol–water partition coefficient (Wildman–Crippen LogP) is 4.31. The molecule has 0 saturated heterocycles. The molecule has 0 aliphatic rings. The molecule has 94 valence electrons. The second kappa shape index (κ2) is 4.55. The molecule has 0 radical (unpaired) electrons. The highest BCUT2D eigenvalue weighted by atomic mass is 79.9. The van der Waals surface area contributed by atoms with E-state index in [1.54, 1.807) is 0 Å². The van der Waals surface area contributed by atoms with Gasteiger partial charge < -0.3 is 0 Å². The van der Waals surface area contributed by atoms with E-state index in [1.165, 1.54) is 0 Å². The number of halogens is 6. The molecule has 17 heavy (non-hydrogen) atoms. The van der Waals surface area contributed by atoms with E-state index >= 15 is 0 Å². The van der Waals surface area contributed by atoms with Gasteiger partial charge in [0.25, 0.3) is 12.1 Å². The molecule has 0 spiro atoms. The summed E-state index contributed by atoms with van der Waals surface area (Å²) in [6, 6.07) is 1.31. The summed E-state index contributed by atoms with van der Waals surface area (Å²) in [4.78, 5) is 9.05. The van der Waals surface area contributed by atoms with Gasteiger partial charge in [0, 0.05) is 10.5 Å². The van der Waals surface area contributed by atoms with E-state index in [1.807, 2.05) is 0 Å². The van der Waals surface area contributed by atoms with Crippen LogP contribution in [0, 0.1) is 10.1 Å². The Morgan fingerprint density at radius 2 is 1.82 bits per heavy atom. The molecule has 9 heteroatoms. The Kier molecular flexibility index (Phi) is 3.70. The summed E-state index contributed by atoms with van der Waals surface area (Å²) < 4.78 is 62.1. The molecule has 1 rings (SSSR count). The van der Waals surface area contributed by atoms with Crippen molar-refractivity contribution in [3.63, 3.8) is 0 Å². The molecule has 0 amide bonds. The lowest BCUT2D eigenvalue weighted by molar-refractivity contribution is -0.388. The van der Waals surface area contributed by atoms with Crippen LogP contribution in [0.4, 0.5) is 27.6 Å². The van der Waals surface area contributed by atoms with Gasteiger partial charge in [-0.1, -0.05) is 15.9 Å². The van der Waals surface area contributed by atoms with Gasteiger partial charge in [-0.25, -0.2) is 8.78 Å². The predicted molar refractivity (Wildman–Crippen MR) is 50.8 cm³/mol. The highest BCUT2D eigenvalue weighted by Gasteiger charge is 2.43. The zero-order chi connectivity index (χ0) is 13.4. The molecule has 0 bridgehead atoms. The molecule has 1 aromatic rings. The molecule has 0 fully saturated rings. The second-order valence-corrected chi connectivity index (χ2v) is 3.77. The number of nitro benzene ring substituents is 1. The molecule has 0 unspecified atom stereocenters. The quantitative estimate of drug-likeness (QED) is 0.463. The summed E-state index contributed by atoms with van der Waals surface area (Å²) in [5.41, 5.74) is -4.74. The number of alkyl halides is 5. The highest BCUT2D eigenvalue weighted by Crippen LogP contribution is 2.44. The SMILES string of the molecule is O=[N+]([O-])c1ccc(Br)c(C(F)F)c1C(F)(F)F. The molecule has 0 aromatic heterocycles. The first kappa shape index (κ1) is 13.8. The second-order valence-electron chi connectivity index (χ2n) is 2.91. The standard InChI is InChI=1S/C8H3BrF5NO2/c9-3-1-2-4(15(16)17)6(8(12,13)14)5(3)7(10)11/h1-2,7H. The first-order valence-electron chi connectivity index (χ1n) is 3.98.